The summed E-state index contributed by atoms with van der Waals surface area (Å²) in [4.78, 5) is 8.06. The van der Waals surface area contributed by atoms with E-state index in [0.717, 1.165) is 36.0 Å². The monoisotopic (exact) mass is 324 g/mol. The molecule has 0 atom stereocenters. The molecule has 3 nitrogen and oxygen atoms in total. The number of hydrogen-bond acceptors (Lipinski definition) is 4. The fourth-order valence-corrected chi connectivity index (χ4v) is 3.15. The normalized spacial score (nSPS) is 11.0. The van der Waals surface area contributed by atoms with Crippen LogP contribution in [0.2, 0.25) is 0 Å². The summed E-state index contributed by atoms with van der Waals surface area (Å²) in [5, 5.41) is 2.04. The number of nitrogens with zero attached hydrogens (tertiary/aromatic N) is 2. The molecular weight excluding hydrogens is 304 g/mol. The standard InChI is InChI=1S/C19H20N2OS/c1-3-11-21(13-16-8-5-4-6-9-16)14-17-15(2)22-19(20-17)18-10-7-12-23-18/h3-10,12H,1,11,13-14H2,2H3. The first-order valence-corrected chi connectivity index (χ1v) is 8.51. The average molecular weight is 324 g/mol. The van der Waals surface area contributed by atoms with Gasteiger partial charge in [0.15, 0.2) is 0 Å². The molecule has 3 aromatic rings. The maximum Gasteiger partial charge on any atom is 0.236 e. The largest absolute Gasteiger partial charge is 0.440 e. The molecule has 2 heterocycles. The Labute approximate surface area is 140 Å². The van der Waals surface area contributed by atoms with E-state index in [2.05, 4.69) is 40.7 Å². The van der Waals surface area contributed by atoms with Crippen LogP contribution in [-0.4, -0.2) is 16.4 Å². The third-order valence-electron chi connectivity index (χ3n) is 3.63. The van der Waals surface area contributed by atoms with Gasteiger partial charge in [-0.1, -0.05) is 42.5 Å². The fourth-order valence-electron chi connectivity index (χ4n) is 2.50. The van der Waals surface area contributed by atoms with Crippen molar-refractivity contribution in [2.45, 2.75) is 20.0 Å². The van der Waals surface area contributed by atoms with Crippen molar-refractivity contribution in [1.82, 2.24) is 9.88 Å². The Morgan fingerprint density at radius 1 is 1.17 bits per heavy atom. The second-order valence-corrected chi connectivity index (χ2v) is 6.39. The lowest BCUT2D eigenvalue weighted by Crippen LogP contribution is -2.23. The third-order valence-corrected chi connectivity index (χ3v) is 4.49. The van der Waals surface area contributed by atoms with Gasteiger partial charge in [-0.3, -0.25) is 4.90 Å². The van der Waals surface area contributed by atoms with Crippen molar-refractivity contribution < 1.29 is 4.42 Å². The molecule has 0 unspecified atom stereocenters. The highest BCUT2D eigenvalue weighted by Gasteiger charge is 2.15. The molecule has 0 N–H and O–H groups in total. The molecule has 3 rings (SSSR count). The lowest BCUT2D eigenvalue weighted by atomic mass is 10.2. The van der Waals surface area contributed by atoms with E-state index in [9.17, 15) is 0 Å². The Kier molecular flexibility index (Phi) is 5.05. The zero-order chi connectivity index (χ0) is 16.1. The van der Waals surface area contributed by atoms with Gasteiger partial charge in [-0.05, 0) is 23.9 Å². The first-order valence-electron chi connectivity index (χ1n) is 7.63. The molecule has 0 saturated carbocycles. The molecule has 0 aliphatic heterocycles. The van der Waals surface area contributed by atoms with Crippen molar-refractivity contribution >= 4 is 11.3 Å². The zero-order valence-corrected chi connectivity index (χ0v) is 14.1. The summed E-state index contributed by atoms with van der Waals surface area (Å²) in [6.45, 7) is 8.28. The summed E-state index contributed by atoms with van der Waals surface area (Å²) in [6, 6.07) is 14.5. The summed E-state index contributed by atoms with van der Waals surface area (Å²) in [6.07, 6.45) is 1.93. The SMILES string of the molecule is C=CCN(Cc1ccccc1)Cc1nc(-c2cccs2)oc1C. The average Bonchev–Trinajstić information content (AvgIpc) is 3.19. The Balaban J connectivity index is 1.76. The predicted octanol–water partition coefficient (Wildman–Crippen LogP) is 4.90. The maximum atomic E-state index is 5.84. The van der Waals surface area contributed by atoms with Gasteiger partial charge in [0.05, 0.1) is 10.6 Å². The van der Waals surface area contributed by atoms with Crippen LogP contribution < -0.4 is 0 Å². The van der Waals surface area contributed by atoms with Crippen molar-refractivity contribution in [3.63, 3.8) is 0 Å². The van der Waals surface area contributed by atoms with E-state index < -0.39 is 0 Å². The lowest BCUT2D eigenvalue weighted by molar-refractivity contribution is 0.281. The fraction of sp³-hybridized carbons (Fsp3) is 0.211. The van der Waals surface area contributed by atoms with Gasteiger partial charge in [0.25, 0.3) is 0 Å². The molecule has 0 aliphatic rings. The van der Waals surface area contributed by atoms with E-state index in [1.54, 1.807) is 11.3 Å². The van der Waals surface area contributed by atoms with Gasteiger partial charge < -0.3 is 4.42 Å². The van der Waals surface area contributed by atoms with Gasteiger partial charge in [-0.2, -0.15) is 0 Å². The smallest absolute Gasteiger partial charge is 0.236 e. The Morgan fingerprint density at radius 2 is 2.00 bits per heavy atom. The van der Waals surface area contributed by atoms with E-state index in [-0.39, 0.29) is 0 Å². The molecule has 0 saturated heterocycles. The molecule has 0 radical (unpaired) electrons. The molecular formula is C19H20N2OS. The van der Waals surface area contributed by atoms with Crippen LogP contribution in [0.5, 0.6) is 0 Å². The predicted molar refractivity (Wildman–Crippen MR) is 95.3 cm³/mol. The highest BCUT2D eigenvalue weighted by atomic mass is 32.1. The van der Waals surface area contributed by atoms with Crippen LogP contribution in [0.15, 0.2) is 64.9 Å². The Hall–Kier alpha value is -2.17. The number of oxazole rings is 1. The maximum absolute atomic E-state index is 5.84. The van der Waals surface area contributed by atoms with E-state index in [1.807, 2.05) is 36.6 Å². The van der Waals surface area contributed by atoms with Gasteiger partial charge in [-0.15, -0.1) is 17.9 Å². The molecule has 4 heteroatoms. The topological polar surface area (TPSA) is 29.3 Å². The molecule has 0 amide bonds. The number of aromatic nitrogens is 1. The number of hydrogen-bond donors (Lipinski definition) is 0. The molecule has 0 spiro atoms. The van der Waals surface area contributed by atoms with E-state index in [0.29, 0.717) is 5.89 Å². The Bertz CT molecular complexity index is 747. The van der Waals surface area contributed by atoms with Crippen LogP contribution in [0.4, 0.5) is 0 Å². The first kappa shape index (κ1) is 15.7. The van der Waals surface area contributed by atoms with Gasteiger partial charge in [0.2, 0.25) is 5.89 Å². The van der Waals surface area contributed by atoms with Gasteiger partial charge in [0, 0.05) is 19.6 Å². The second-order valence-electron chi connectivity index (χ2n) is 5.44. The first-order chi connectivity index (χ1) is 11.3. The van der Waals surface area contributed by atoms with Crippen molar-refractivity contribution in [2.24, 2.45) is 0 Å². The van der Waals surface area contributed by atoms with Crippen LogP contribution in [0.1, 0.15) is 17.0 Å². The van der Waals surface area contributed by atoms with Gasteiger partial charge in [0.1, 0.15) is 5.76 Å². The quantitative estimate of drug-likeness (QED) is 0.579. The minimum absolute atomic E-state index is 0.714. The van der Waals surface area contributed by atoms with E-state index >= 15 is 0 Å². The molecule has 2 aromatic heterocycles. The number of benzene rings is 1. The summed E-state index contributed by atoms with van der Waals surface area (Å²) in [7, 11) is 0. The summed E-state index contributed by atoms with van der Waals surface area (Å²) in [5.41, 5.74) is 2.28. The van der Waals surface area contributed by atoms with Crippen LogP contribution in [-0.2, 0) is 13.1 Å². The zero-order valence-electron chi connectivity index (χ0n) is 13.2. The van der Waals surface area contributed by atoms with Crippen molar-refractivity contribution in [3.05, 3.63) is 77.5 Å². The molecule has 23 heavy (non-hydrogen) atoms. The van der Waals surface area contributed by atoms with Crippen LogP contribution in [0.25, 0.3) is 10.8 Å². The van der Waals surface area contributed by atoms with Crippen molar-refractivity contribution in [3.8, 4) is 10.8 Å². The molecule has 0 fully saturated rings. The molecule has 0 bridgehead atoms. The minimum Gasteiger partial charge on any atom is -0.440 e. The van der Waals surface area contributed by atoms with Crippen LogP contribution >= 0.6 is 11.3 Å². The van der Waals surface area contributed by atoms with Gasteiger partial charge >= 0.3 is 0 Å². The summed E-state index contributed by atoms with van der Waals surface area (Å²) >= 11 is 1.64. The van der Waals surface area contributed by atoms with Gasteiger partial charge in [-0.25, -0.2) is 4.98 Å². The summed E-state index contributed by atoms with van der Waals surface area (Å²) < 4.78 is 5.84. The lowest BCUT2D eigenvalue weighted by Gasteiger charge is -2.19. The van der Waals surface area contributed by atoms with Crippen molar-refractivity contribution in [1.29, 1.82) is 0 Å². The van der Waals surface area contributed by atoms with E-state index in [1.165, 1.54) is 5.56 Å². The molecule has 1 aromatic carbocycles. The highest BCUT2D eigenvalue weighted by molar-refractivity contribution is 7.13. The number of thiophene rings is 1. The van der Waals surface area contributed by atoms with Crippen LogP contribution in [0.3, 0.4) is 0 Å². The minimum atomic E-state index is 0.714. The second kappa shape index (κ2) is 7.40. The summed E-state index contributed by atoms with van der Waals surface area (Å²) in [5.74, 6) is 1.60. The van der Waals surface area contributed by atoms with E-state index in [4.69, 9.17) is 4.42 Å². The molecule has 0 aliphatic carbocycles. The van der Waals surface area contributed by atoms with Crippen LogP contribution in [0, 0.1) is 6.92 Å². The highest BCUT2D eigenvalue weighted by Crippen LogP contribution is 2.26. The Morgan fingerprint density at radius 3 is 2.70 bits per heavy atom. The molecule has 118 valence electrons. The third kappa shape index (κ3) is 3.97. The number of rotatable bonds is 7. The number of aryl methyl sites for hydroxylation is 1. The van der Waals surface area contributed by atoms with Crippen molar-refractivity contribution in [2.75, 3.05) is 6.54 Å².